The molecule has 1 aliphatic rings. The molecule has 0 saturated carbocycles. The summed E-state index contributed by atoms with van der Waals surface area (Å²) in [5, 5.41) is 12.7. The Morgan fingerprint density at radius 3 is 2.10 bits per heavy atom. The number of nitrogens with zero attached hydrogens (tertiary/aromatic N) is 1. The molecule has 2 aromatic carbocycles. The van der Waals surface area contributed by atoms with Gasteiger partial charge in [-0.05, 0) is 26.0 Å². The van der Waals surface area contributed by atoms with Crippen LogP contribution in [-0.4, -0.2) is 6.54 Å². The van der Waals surface area contributed by atoms with Crippen LogP contribution in [0.5, 0.6) is 11.5 Å². The topological polar surface area (TPSA) is 45.0 Å². The van der Waals surface area contributed by atoms with Gasteiger partial charge in [0.05, 0.1) is 17.5 Å². The lowest BCUT2D eigenvalue weighted by molar-refractivity contribution is 0.390. The summed E-state index contributed by atoms with van der Waals surface area (Å²) in [6.07, 6.45) is 0. The number of ether oxygens (including phenoxy) is 1. The average Bonchev–Trinajstić information content (AvgIpc) is 2.51. The molecular formula is C18H18N2O. The molecule has 3 rings (SSSR count). The van der Waals surface area contributed by atoms with Gasteiger partial charge in [0.15, 0.2) is 0 Å². The summed E-state index contributed by atoms with van der Waals surface area (Å²) in [5.41, 5.74) is 1.83. The van der Waals surface area contributed by atoms with Crippen LogP contribution >= 0.6 is 0 Å². The number of hydrogen-bond donors (Lipinski definition) is 1. The van der Waals surface area contributed by atoms with E-state index in [-0.39, 0.29) is 6.04 Å². The van der Waals surface area contributed by atoms with E-state index in [0.717, 1.165) is 22.6 Å². The van der Waals surface area contributed by atoms with Crippen molar-refractivity contribution >= 4 is 0 Å². The van der Waals surface area contributed by atoms with Crippen molar-refractivity contribution in [3.05, 3.63) is 59.7 Å². The minimum atomic E-state index is -0.401. The van der Waals surface area contributed by atoms with E-state index in [2.05, 4.69) is 23.5 Å². The van der Waals surface area contributed by atoms with Crippen LogP contribution in [0.25, 0.3) is 0 Å². The highest BCUT2D eigenvalue weighted by Gasteiger charge is 2.28. The van der Waals surface area contributed by atoms with Crippen LogP contribution in [0.15, 0.2) is 48.5 Å². The number of rotatable bonds is 3. The molecule has 0 bridgehead atoms. The Morgan fingerprint density at radius 2 is 1.57 bits per heavy atom. The van der Waals surface area contributed by atoms with Gasteiger partial charge in [-0.1, -0.05) is 36.4 Å². The molecule has 0 unspecified atom stereocenters. The Balaban J connectivity index is 1.97. The molecule has 3 heteroatoms. The van der Waals surface area contributed by atoms with Crippen LogP contribution in [0.4, 0.5) is 0 Å². The lowest BCUT2D eigenvalue weighted by Gasteiger charge is -2.30. The van der Waals surface area contributed by atoms with Crippen molar-refractivity contribution in [2.24, 2.45) is 5.41 Å². The van der Waals surface area contributed by atoms with Crippen LogP contribution in [0.2, 0.25) is 0 Å². The van der Waals surface area contributed by atoms with Crippen molar-refractivity contribution in [1.29, 1.82) is 5.26 Å². The largest absolute Gasteiger partial charge is 0.457 e. The fraction of sp³-hybridized carbons (Fsp3) is 0.278. The predicted octanol–water partition coefficient (Wildman–Crippen LogP) is 4.02. The number of nitrogens with one attached hydrogen (secondary N) is 1. The highest BCUT2D eigenvalue weighted by molar-refractivity contribution is 5.52. The van der Waals surface area contributed by atoms with E-state index in [1.807, 2.05) is 50.2 Å². The maximum Gasteiger partial charge on any atom is 0.132 e. The van der Waals surface area contributed by atoms with Crippen molar-refractivity contribution in [2.45, 2.75) is 19.9 Å². The molecule has 21 heavy (non-hydrogen) atoms. The quantitative estimate of drug-likeness (QED) is 0.922. The second kappa shape index (κ2) is 5.23. The third-order valence-electron chi connectivity index (χ3n) is 3.73. The molecule has 1 aliphatic heterocycles. The number of nitriles is 1. The fourth-order valence-electron chi connectivity index (χ4n) is 2.53. The molecule has 0 radical (unpaired) electrons. The molecule has 0 fully saturated rings. The van der Waals surface area contributed by atoms with Gasteiger partial charge < -0.3 is 10.1 Å². The summed E-state index contributed by atoms with van der Waals surface area (Å²) >= 11 is 0. The predicted molar refractivity (Wildman–Crippen MR) is 82.2 cm³/mol. The molecule has 0 aromatic heterocycles. The van der Waals surface area contributed by atoms with Crippen molar-refractivity contribution in [3.63, 3.8) is 0 Å². The van der Waals surface area contributed by atoms with Gasteiger partial charge in [0.2, 0.25) is 0 Å². The van der Waals surface area contributed by atoms with Gasteiger partial charge in [-0.3, -0.25) is 0 Å². The highest BCUT2D eigenvalue weighted by Crippen LogP contribution is 2.42. The minimum absolute atomic E-state index is 0.0544. The van der Waals surface area contributed by atoms with Crippen molar-refractivity contribution < 1.29 is 4.74 Å². The minimum Gasteiger partial charge on any atom is -0.457 e. The molecule has 106 valence electrons. The van der Waals surface area contributed by atoms with Crippen LogP contribution in [0, 0.1) is 16.7 Å². The second-order valence-electron chi connectivity index (χ2n) is 5.99. The smallest absolute Gasteiger partial charge is 0.132 e. The Labute approximate surface area is 125 Å². The molecule has 0 amide bonds. The van der Waals surface area contributed by atoms with E-state index in [1.165, 1.54) is 0 Å². The molecule has 0 aliphatic carbocycles. The summed E-state index contributed by atoms with van der Waals surface area (Å²) in [6, 6.07) is 18.5. The molecule has 2 aromatic rings. The molecule has 0 atom stereocenters. The number of hydrogen-bond acceptors (Lipinski definition) is 3. The first-order valence-electron chi connectivity index (χ1n) is 7.11. The summed E-state index contributed by atoms with van der Waals surface area (Å²) in [5.74, 6) is 1.76. The second-order valence-corrected chi connectivity index (χ2v) is 5.99. The van der Waals surface area contributed by atoms with Crippen molar-refractivity contribution in [3.8, 4) is 17.6 Å². The van der Waals surface area contributed by atoms with Gasteiger partial charge in [-0.2, -0.15) is 5.26 Å². The van der Waals surface area contributed by atoms with Gasteiger partial charge in [0.1, 0.15) is 11.5 Å². The van der Waals surface area contributed by atoms with E-state index < -0.39 is 5.41 Å². The van der Waals surface area contributed by atoms with E-state index in [1.54, 1.807) is 0 Å². The first kappa shape index (κ1) is 13.7. The van der Waals surface area contributed by atoms with Crippen molar-refractivity contribution in [2.75, 3.05) is 6.54 Å². The van der Waals surface area contributed by atoms with Crippen LogP contribution in [-0.2, 0) is 0 Å². The van der Waals surface area contributed by atoms with Gasteiger partial charge in [0.25, 0.3) is 0 Å². The Kier molecular flexibility index (Phi) is 3.40. The van der Waals surface area contributed by atoms with Crippen molar-refractivity contribution in [1.82, 2.24) is 5.32 Å². The number of fused-ring (bicyclic) bond motifs is 2. The molecule has 0 saturated heterocycles. The first-order valence-corrected chi connectivity index (χ1v) is 7.11. The maximum absolute atomic E-state index is 9.20. The Morgan fingerprint density at radius 1 is 1.05 bits per heavy atom. The fourth-order valence-corrected chi connectivity index (χ4v) is 2.53. The zero-order valence-electron chi connectivity index (χ0n) is 12.3. The monoisotopic (exact) mass is 278 g/mol. The van der Waals surface area contributed by atoms with Crippen LogP contribution in [0.1, 0.15) is 31.0 Å². The summed E-state index contributed by atoms with van der Waals surface area (Å²) in [6.45, 7) is 4.51. The summed E-state index contributed by atoms with van der Waals surface area (Å²) in [7, 11) is 0. The molecule has 3 nitrogen and oxygen atoms in total. The van der Waals surface area contributed by atoms with Crippen LogP contribution < -0.4 is 10.1 Å². The van der Waals surface area contributed by atoms with Gasteiger partial charge in [-0.25, -0.2) is 0 Å². The third-order valence-corrected chi connectivity index (χ3v) is 3.73. The standard InChI is InChI=1S/C18H18N2O/c1-18(2,11-19)12-20-17-13-7-3-5-9-15(13)21-16-10-6-4-8-14(16)17/h3-10,17,20H,12H2,1-2H3. The SMILES string of the molecule is CC(C)(C#N)CNC1c2ccccc2Oc2ccccc21. The highest BCUT2D eigenvalue weighted by atomic mass is 16.5. The van der Waals surface area contributed by atoms with Gasteiger partial charge in [0, 0.05) is 17.7 Å². The summed E-state index contributed by atoms with van der Waals surface area (Å²) < 4.78 is 5.96. The zero-order chi connectivity index (χ0) is 14.9. The molecule has 1 heterocycles. The van der Waals surface area contributed by atoms with Gasteiger partial charge >= 0.3 is 0 Å². The number of para-hydroxylation sites is 2. The first-order chi connectivity index (χ1) is 10.1. The van der Waals surface area contributed by atoms with E-state index >= 15 is 0 Å². The van der Waals surface area contributed by atoms with E-state index in [4.69, 9.17) is 4.74 Å². The Hall–Kier alpha value is -2.31. The number of benzene rings is 2. The van der Waals surface area contributed by atoms with E-state index in [0.29, 0.717) is 6.54 Å². The molecule has 0 spiro atoms. The lowest BCUT2D eigenvalue weighted by Crippen LogP contribution is -2.33. The molecular weight excluding hydrogens is 260 g/mol. The lowest BCUT2D eigenvalue weighted by atomic mass is 9.91. The van der Waals surface area contributed by atoms with Crippen LogP contribution in [0.3, 0.4) is 0 Å². The normalized spacial score (nSPS) is 13.8. The average molecular weight is 278 g/mol. The molecule has 1 N–H and O–H groups in total. The maximum atomic E-state index is 9.20. The van der Waals surface area contributed by atoms with E-state index in [9.17, 15) is 5.26 Å². The Bertz CT molecular complexity index is 655. The zero-order valence-corrected chi connectivity index (χ0v) is 12.3. The van der Waals surface area contributed by atoms with Gasteiger partial charge in [-0.15, -0.1) is 0 Å². The third kappa shape index (κ3) is 2.63. The summed E-state index contributed by atoms with van der Waals surface area (Å²) in [4.78, 5) is 0.